The molecule has 0 aliphatic rings. The molecule has 7 nitrogen and oxygen atoms in total. The van der Waals surface area contributed by atoms with E-state index in [1.165, 1.54) is 6.07 Å². The number of thiocarbonyl (C=S) groups is 1. The topological polar surface area (TPSA) is 101 Å². The van der Waals surface area contributed by atoms with E-state index in [9.17, 15) is 9.90 Å². The lowest BCUT2D eigenvalue weighted by molar-refractivity contribution is 0.0952. The van der Waals surface area contributed by atoms with Crippen LogP contribution in [0.15, 0.2) is 75.6 Å². The molecule has 3 aromatic carbocycles. The number of carbonyl (C=O) groups is 1. The number of nitrogens with one attached hydrogen (secondary N) is 2. The van der Waals surface area contributed by atoms with Crippen molar-refractivity contribution in [3.8, 4) is 17.2 Å². The van der Waals surface area contributed by atoms with Gasteiger partial charge in [-0.15, -0.1) is 0 Å². The molecule has 5 rings (SSSR count). The van der Waals surface area contributed by atoms with Crippen LogP contribution in [0.3, 0.4) is 0 Å². The van der Waals surface area contributed by atoms with Crippen molar-refractivity contribution in [1.29, 1.82) is 0 Å². The van der Waals surface area contributed by atoms with Crippen LogP contribution in [-0.2, 0) is 0 Å². The third-order valence-corrected chi connectivity index (χ3v) is 5.26. The van der Waals surface area contributed by atoms with Crippen LogP contribution in [0.25, 0.3) is 33.5 Å². The molecule has 0 atom stereocenters. The number of oxazole rings is 1. The molecule has 0 aliphatic carbocycles. The quantitative estimate of drug-likeness (QED) is 0.322. The van der Waals surface area contributed by atoms with Gasteiger partial charge in [-0.1, -0.05) is 30.3 Å². The molecule has 8 heteroatoms. The Bertz CT molecular complexity index is 1470. The van der Waals surface area contributed by atoms with Crippen LogP contribution >= 0.6 is 12.2 Å². The van der Waals surface area contributed by atoms with E-state index in [-0.39, 0.29) is 16.6 Å². The second-order valence-corrected chi connectivity index (χ2v) is 7.59. The number of rotatable bonds is 3. The predicted octanol–water partition coefficient (Wildman–Crippen LogP) is 5.38. The van der Waals surface area contributed by atoms with Crippen molar-refractivity contribution in [2.45, 2.75) is 6.92 Å². The van der Waals surface area contributed by atoms with Gasteiger partial charge in [0.1, 0.15) is 16.8 Å². The van der Waals surface area contributed by atoms with E-state index in [1.54, 1.807) is 18.2 Å². The molecule has 0 spiro atoms. The van der Waals surface area contributed by atoms with E-state index in [2.05, 4.69) is 15.6 Å². The van der Waals surface area contributed by atoms with E-state index in [0.29, 0.717) is 33.8 Å². The normalized spacial score (nSPS) is 11.0. The maximum Gasteiger partial charge on any atom is 0.293 e. The molecule has 0 saturated carbocycles. The van der Waals surface area contributed by atoms with Gasteiger partial charge in [0.2, 0.25) is 5.89 Å². The van der Waals surface area contributed by atoms with Gasteiger partial charge in [0.05, 0.1) is 5.56 Å². The summed E-state index contributed by atoms with van der Waals surface area (Å²) in [5, 5.41) is 16.9. The maximum atomic E-state index is 12.6. The zero-order chi connectivity index (χ0) is 22.2. The standard InChI is InChI=1S/C24H17N3O4S/c1-13-15-6-2-4-8-19(15)30-21(13)22(29)27-24(32)25-14-10-11-16(18(28)12-14)23-26-17-7-3-5-9-20(17)31-23/h2-12,28H,1H3,(H2,25,27,29,32). The molecule has 0 radical (unpaired) electrons. The summed E-state index contributed by atoms with van der Waals surface area (Å²) >= 11 is 5.25. The van der Waals surface area contributed by atoms with Crippen LogP contribution in [0, 0.1) is 6.92 Å². The summed E-state index contributed by atoms with van der Waals surface area (Å²) in [6.45, 7) is 1.82. The van der Waals surface area contributed by atoms with Gasteiger partial charge in [0.15, 0.2) is 16.5 Å². The number of nitrogens with zero attached hydrogens (tertiary/aromatic N) is 1. The fraction of sp³-hybridized carbons (Fsp3) is 0.0417. The van der Waals surface area contributed by atoms with Crippen LogP contribution in [0.5, 0.6) is 5.75 Å². The first kappa shape index (κ1) is 19.8. The molecule has 158 valence electrons. The number of anilines is 1. The predicted molar refractivity (Wildman–Crippen MR) is 126 cm³/mol. The average Bonchev–Trinajstić information content (AvgIpc) is 3.35. The van der Waals surface area contributed by atoms with E-state index >= 15 is 0 Å². The molecule has 3 N–H and O–H groups in total. The highest BCUT2D eigenvalue weighted by Crippen LogP contribution is 2.33. The Labute approximate surface area is 187 Å². The molecule has 0 fully saturated rings. The van der Waals surface area contributed by atoms with Crippen molar-refractivity contribution >= 4 is 51.0 Å². The number of benzene rings is 3. The average molecular weight is 443 g/mol. The van der Waals surface area contributed by atoms with Gasteiger partial charge in [0, 0.05) is 22.7 Å². The van der Waals surface area contributed by atoms with E-state index in [0.717, 1.165) is 10.9 Å². The second kappa shape index (κ2) is 7.82. The largest absolute Gasteiger partial charge is 0.507 e. The molecule has 1 amide bonds. The van der Waals surface area contributed by atoms with Gasteiger partial charge in [-0.25, -0.2) is 4.98 Å². The summed E-state index contributed by atoms with van der Waals surface area (Å²) in [4.78, 5) is 17.0. The zero-order valence-electron chi connectivity index (χ0n) is 16.9. The molecule has 0 aliphatic heterocycles. The number of fused-ring (bicyclic) bond motifs is 2. The van der Waals surface area contributed by atoms with Crippen LogP contribution in [-0.4, -0.2) is 21.1 Å². The van der Waals surface area contributed by atoms with Crippen molar-refractivity contribution in [2.75, 3.05) is 5.32 Å². The number of amides is 1. The van der Waals surface area contributed by atoms with Gasteiger partial charge >= 0.3 is 0 Å². The highest BCUT2D eigenvalue weighted by Gasteiger charge is 2.19. The van der Waals surface area contributed by atoms with Gasteiger partial charge in [0.25, 0.3) is 5.91 Å². The summed E-state index contributed by atoms with van der Waals surface area (Å²) < 4.78 is 11.4. The third-order valence-electron chi connectivity index (χ3n) is 5.06. The molecular formula is C24H17N3O4S. The van der Waals surface area contributed by atoms with Crippen molar-refractivity contribution in [2.24, 2.45) is 0 Å². The summed E-state index contributed by atoms with van der Waals surface area (Å²) in [6.07, 6.45) is 0. The summed E-state index contributed by atoms with van der Waals surface area (Å²) in [6, 6.07) is 19.6. The Morgan fingerprint density at radius 2 is 1.75 bits per heavy atom. The van der Waals surface area contributed by atoms with Crippen molar-refractivity contribution < 1.29 is 18.7 Å². The minimum Gasteiger partial charge on any atom is -0.507 e. The number of furan rings is 1. The number of phenolic OH excluding ortho intramolecular Hbond substituents is 1. The van der Waals surface area contributed by atoms with E-state index in [1.807, 2.05) is 49.4 Å². The van der Waals surface area contributed by atoms with Gasteiger partial charge in [-0.3, -0.25) is 10.1 Å². The zero-order valence-corrected chi connectivity index (χ0v) is 17.7. The van der Waals surface area contributed by atoms with Crippen molar-refractivity contribution in [3.63, 3.8) is 0 Å². The monoisotopic (exact) mass is 443 g/mol. The Morgan fingerprint density at radius 1 is 1.00 bits per heavy atom. The fourth-order valence-corrected chi connectivity index (χ4v) is 3.70. The molecule has 0 unspecified atom stereocenters. The first-order valence-corrected chi connectivity index (χ1v) is 10.2. The number of phenols is 1. The minimum atomic E-state index is -0.455. The molecule has 2 heterocycles. The molecule has 32 heavy (non-hydrogen) atoms. The Balaban J connectivity index is 1.31. The number of aromatic hydroxyl groups is 1. The lowest BCUT2D eigenvalue weighted by Crippen LogP contribution is -2.34. The highest BCUT2D eigenvalue weighted by molar-refractivity contribution is 7.80. The molecule has 5 aromatic rings. The minimum absolute atomic E-state index is 0.0381. The van der Waals surface area contributed by atoms with E-state index in [4.69, 9.17) is 21.1 Å². The molecule has 0 bridgehead atoms. The second-order valence-electron chi connectivity index (χ2n) is 7.18. The lowest BCUT2D eigenvalue weighted by Gasteiger charge is -2.10. The van der Waals surface area contributed by atoms with Crippen molar-refractivity contribution in [1.82, 2.24) is 10.3 Å². The van der Waals surface area contributed by atoms with Crippen LogP contribution in [0.4, 0.5) is 5.69 Å². The Hall–Kier alpha value is -4.17. The Kier molecular flexibility index (Phi) is 4.84. The number of carbonyl (C=O) groups excluding carboxylic acids is 1. The fourth-order valence-electron chi connectivity index (χ4n) is 3.49. The van der Waals surface area contributed by atoms with Crippen molar-refractivity contribution in [3.05, 3.63) is 78.1 Å². The molecular weight excluding hydrogens is 426 g/mol. The number of hydrogen-bond donors (Lipinski definition) is 3. The summed E-state index contributed by atoms with van der Waals surface area (Å²) in [7, 11) is 0. The smallest absolute Gasteiger partial charge is 0.293 e. The Morgan fingerprint density at radius 3 is 2.50 bits per heavy atom. The van der Waals surface area contributed by atoms with Gasteiger partial charge in [-0.2, -0.15) is 0 Å². The third kappa shape index (κ3) is 3.57. The van der Waals surface area contributed by atoms with E-state index < -0.39 is 5.91 Å². The van der Waals surface area contributed by atoms with Gasteiger partial charge < -0.3 is 19.3 Å². The number of aromatic nitrogens is 1. The maximum absolute atomic E-state index is 12.6. The lowest BCUT2D eigenvalue weighted by atomic mass is 10.1. The van der Waals surface area contributed by atoms with Crippen LogP contribution in [0.1, 0.15) is 16.1 Å². The molecule has 2 aromatic heterocycles. The molecule has 0 saturated heterocycles. The number of para-hydroxylation sites is 3. The first-order chi connectivity index (χ1) is 15.5. The first-order valence-electron chi connectivity index (χ1n) is 9.79. The number of hydrogen-bond acceptors (Lipinski definition) is 6. The number of aryl methyl sites for hydroxylation is 1. The summed E-state index contributed by atoms with van der Waals surface area (Å²) in [5.74, 6) is 0.0170. The van der Waals surface area contributed by atoms with Crippen LogP contribution < -0.4 is 10.6 Å². The highest BCUT2D eigenvalue weighted by atomic mass is 32.1. The summed E-state index contributed by atoms with van der Waals surface area (Å²) in [5.41, 5.74) is 3.64. The van der Waals surface area contributed by atoms with Crippen LogP contribution in [0.2, 0.25) is 0 Å². The van der Waals surface area contributed by atoms with Gasteiger partial charge in [-0.05, 0) is 49.5 Å². The SMILES string of the molecule is Cc1c(C(=O)NC(=S)Nc2ccc(-c3nc4ccccc4o3)c(O)c2)oc2ccccc12.